The average Bonchev–Trinajstić information content (AvgIpc) is 2.98. The molecule has 1 aliphatic heterocycles. The Hall–Kier alpha value is -2.29. The van der Waals surface area contributed by atoms with Crippen molar-refractivity contribution in [3.63, 3.8) is 0 Å². The molecule has 0 saturated heterocycles. The number of rotatable bonds is 4. The van der Waals surface area contributed by atoms with Crippen molar-refractivity contribution in [1.82, 2.24) is 14.3 Å². The summed E-state index contributed by atoms with van der Waals surface area (Å²) in [6.07, 6.45) is 0. The Morgan fingerprint density at radius 1 is 1.24 bits per heavy atom. The van der Waals surface area contributed by atoms with Crippen molar-refractivity contribution in [1.29, 1.82) is 0 Å². The predicted octanol–water partition coefficient (Wildman–Crippen LogP) is 2.23. The van der Waals surface area contributed by atoms with Crippen molar-refractivity contribution in [3.05, 3.63) is 60.2 Å². The fraction of sp³-hybridized carbons (Fsp3) is 0.235. The number of fused-ring (bicyclic) bond motifs is 3. The van der Waals surface area contributed by atoms with Gasteiger partial charge in [0.25, 0.3) is 0 Å². The molecular weight excluding hydrogens is 345 g/mol. The van der Waals surface area contributed by atoms with E-state index in [0.717, 1.165) is 5.52 Å². The molecule has 3 aromatic rings. The molecule has 1 aromatic heterocycles. The van der Waals surface area contributed by atoms with Crippen molar-refractivity contribution in [3.8, 4) is 0 Å². The van der Waals surface area contributed by atoms with E-state index in [-0.39, 0.29) is 23.3 Å². The first-order valence-electron chi connectivity index (χ1n) is 7.83. The molecule has 130 valence electrons. The zero-order valence-electron chi connectivity index (χ0n) is 13.2. The summed E-state index contributed by atoms with van der Waals surface area (Å²) in [5.41, 5.74) is 1.31. The number of benzene rings is 2. The molecule has 0 radical (unpaired) electrons. The summed E-state index contributed by atoms with van der Waals surface area (Å²) >= 11 is 0. The molecule has 0 unspecified atom stereocenters. The molecule has 1 aliphatic rings. The van der Waals surface area contributed by atoms with Crippen molar-refractivity contribution < 1.29 is 17.5 Å². The summed E-state index contributed by atoms with van der Waals surface area (Å²) in [4.78, 5) is 4.60. The van der Waals surface area contributed by atoms with E-state index in [1.807, 2.05) is 4.57 Å². The fourth-order valence-electron chi connectivity index (χ4n) is 3.03. The highest BCUT2D eigenvalue weighted by atomic mass is 32.2. The lowest BCUT2D eigenvalue weighted by Crippen LogP contribution is -2.35. The first-order chi connectivity index (χ1) is 12.0. The van der Waals surface area contributed by atoms with E-state index in [0.29, 0.717) is 24.6 Å². The normalized spacial score (nSPS) is 17.6. The van der Waals surface area contributed by atoms with Gasteiger partial charge in [0.15, 0.2) is 0 Å². The number of sulfonamides is 1. The molecule has 0 aliphatic carbocycles. The minimum absolute atomic E-state index is 0.160. The van der Waals surface area contributed by atoms with Gasteiger partial charge in [-0.3, -0.25) is 0 Å². The van der Waals surface area contributed by atoms with Gasteiger partial charge < -0.3 is 9.30 Å². The summed E-state index contributed by atoms with van der Waals surface area (Å²) in [6.45, 7) is 0.832. The van der Waals surface area contributed by atoms with Crippen molar-refractivity contribution in [2.24, 2.45) is 0 Å². The molecule has 8 heteroatoms. The van der Waals surface area contributed by atoms with Gasteiger partial charge in [0.1, 0.15) is 18.2 Å². The van der Waals surface area contributed by atoms with Crippen molar-refractivity contribution in [2.75, 3.05) is 13.2 Å². The van der Waals surface area contributed by atoms with Crippen LogP contribution < -0.4 is 4.72 Å². The zero-order chi connectivity index (χ0) is 17.4. The summed E-state index contributed by atoms with van der Waals surface area (Å²) in [6, 6.07) is 12.3. The van der Waals surface area contributed by atoms with Crippen LogP contribution in [0.2, 0.25) is 0 Å². The Balaban J connectivity index is 1.62. The van der Waals surface area contributed by atoms with Crippen LogP contribution in [0.4, 0.5) is 4.39 Å². The molecular formula is C17H16FN3O3S. The van der Waals surface area contributed by atoms with Crippen LogP contribution in [-0.4, -0.2) is 31.1 Å². The Morgan fingerprint density at radius 2 is 2.04 bits per heavy atom. The first kappa shape index (κ1) is 16.2. The quantitative estimate of drug-likeness (QED) is 0.773. The maximum Gasteiger partial charge on any atom is 0.240 e. The third-order valence-electron chi connectivity index (χ3n) is 4.19. The first-order valence-corrected chi connectivity index (χ1v) is 9.32. The second-order valence-electron chi connectivity index (χ2n) is 5.86. The number of aromatic nitrogens is 2. The molecule has 25 heavy (non-hydrogen) atoms. The van der Waals surface area contributed by atoms with Gasteiger partial charge in [0.05, 0.1) is 28.6 Å². The van der Waals surface area contributed by atoms with Crippen molar-refractivity contribution >= 4 is 21.1 Å². The van der Waals surface area contributed by atoms with E-state index in [1.165, 1.54) is 12.1 Å². The van der Waals surface area contributed by atoms with E-state index < -0.39 is 10.0 Å². The van der Waals surface area contributed by atoms with E-state index >= 15 is 0 Å². The van der Waals surface area contributed by atoms with Crippen molar-refractivity contribution in [2.45, 2.75) is 17.5 Å². The minimum Gasteiger partial charge on any atom is -0.371 e. The van der Waals surface area contributed by atoms with Gasteiger partial charge in [0, 0.05) is 12.6 Å². The SMILES string of the molecule is O=S(=O)(NC[C@H]1COCc2nc3cc(F)ccc3n21)c1ccccc1. The zero-order valence-corrected chi connectivity index (χ0v) is 14.0. The number of imidazole rings is 1. The van der Waals surface area contributed by atoms with Crippen LogP contribution in [0.25, 0.3) is 11.0 Å². The molecule has 4 rings (SSSR count). The van der Waals surface area contributed by atoms with Crippen LogP contribution in [0.15, 0.2) is 53.4 Å². The Labute approximate surface area is 144 Å². The molecule has 2 heterocycles. The highest BCUT2D eigenvalue weighted by molar-refractivity contribution is 7.89. The Kier molecular flexibility index (Phi) is 4.03. The van der Waals surface area contributed by atoms with Gasteiger partial charge in [-0.1, -0.05) is 18.2 Å². The predicted molar refractivity (Wildman–Crippen MR) is 90.0 cm³/mol. The lowest BCUT2D eigenvalue weighted by Gasteiger charge is -2.26. The number of ether oxygens (including phenoxy) is 1. The van der Waals surface area contributed by atoms with Crippen LogP contribution in [-0.2, 0) is 21.4 Å². The third kappa shape index (κ3) is 3.04. The van der Waals surface area contributed by atoms with E-state index in [1.54, 1.807) is 36.4 Å². The molecule has 1 N–H and O–H groups in total. The lowest BCUT2D eigenvalue weighted by atomic mass is 10.2. The molecule has 0 saturated carbocycles. The third-order valence-corrected chi connectivity index (χ3v) is 5.63. The van der Waals surface area contributed by atoms with Crippen LogP contribution in [0.3, 0.4) is 0 Å². The summed E-state index contributed by atoms with van der Waals surface area (Å²) in [7, 11) is -3.60. The van der Waals surface area contributed by atoms with Crippen LogP contribution in [0.5, 0.6) is 0 Å². The van der Waals surface area contributed by atoms with Crippen LogP contribution in [0.1, 0.15) is 11.9 Å². The summed E-state index contributed by atoms with van der Waals surface area (Å²) < 4.78 is 48.3. The van der Waals surface area contributed by atoms with Gasteiger partial charge in [-0.25, -0.2) is 22.5 Å². The van der Waals surface area contributed by atoms with Gasteiger partial charge in [-0.05, 0) is 24.3 Å². The van der Waals surface area contributed by atoms with Gasteiger partial charge in [-0.2, -0.15) is 0 Å². The lowest BCUT2D eigenvalue weighted by molar-refractivity contribution is 0.0581. The molecule has 2 aromatic carbocycles. The number of hydrogen-bond donors (Lipinski definition) is 1. The Bertz CT molecular complexity index is 1020. The number of nitrogens with zero attached hydrogens (tertiary/aromatic N) is 2. The van der Waals surface area contributed by atoms with Crippen LogP contribution >= 0.6 is 0 Å². The Morgan fingerprint density at radius 3 is 2.84 bits per heavy atom. The van der Waals surface area contributed by atoms with E-state index in [4.69, 9.17) is 4.74 Å². The molecule has 1 atom stereocenters. The second kappa shape index (κ2) is 6.21. The molecule has 0 amide bonds. The average molecular weight is 361 g/mol. The molecule has 0 fully saturated rings. The minimum atomic E-state index is -3.60. The highest BCUT2D eigenvalue weighted by Gasteiger charge is 2.26. The molecule has 0 spiro atoms. The van der Waals surface area contributed by atoms with Gasteiger partial charge in [0.2, 0.25) is 10.0 Å². The highest BCUT2D eigenvalue weighted by Crippen LogP contribution is 2.26. The molecule has 0 bridgehead atoms. The second-order valence-corrected chi connectivity index (χ2v) is 7.63. The topological polar surface area (TPSA) is 73.2 Å². The smallest absolute Gasteiger partial charge is 0.240 e. The van der Waals surface area contributed by atoms with Crippen LogP contribution in [0, 0.1) is 5.82 Å². The summed E-state index contributed by atoms with van der Waals surface area (Å²) in [5.74, 6) is 0.306. The van der Waals surface area contributed by atoms with Gasteiger partial charge in [-0.15, -0.1) is 0 Å². The van der Waals surface area contributed by atoms with Gasteiger partial charge >= 0.3 is 0 Å². The number of nitrogens with one attached hydrogen (secondary N) is 1. The maximum absolute atomic E-state index is 13.4. The molecule has 6 nitrogen and oxygen atoms in total. The maximum atomic E-state index is 13.4. The standard InChI is InChI=1S/C17H16FN3O3S/c18-12-6-7-16-15(8-12)20-17-11-24-10-13(21(16)17)9-19-25(22,23)14-4-2-1-3-5-14/h1-8,13,19H,9-11H2/t13-/m0/s1. The largest absolute Gasteiger partial charge is 0.371 e. The number of hydrogen-bond acceptors (Lipinski definition) is 4. The van der Waals surface area contributed by atoms with E-state index in [2.05, 4.69) is 9.71 Å². The fourth-order valence-corrected chi connectivity index (χ4v) is 4.12. The number of halogens is 1. The van der Waals surface area contributed by atoms with E-state index in [9.17, 15) is 12.8 Å². The summed E-state index contributed by atoms with van der Waals surface area (Å²) in [5, 5.41) is 0. The monoisotopic (exact) mass is 361 g/mol.